The number of hydrogen-bond acceptors (Lipinski definition) is 7. The van der Waals surface area contributed by atoms with Gasteiger partial charge in [-0.25, -0.2) is 9.97 Å². The van der Waals surface area contributed by atoms with E-state index in [0.29, 0.717) is 35.2 Å². The Morgan fingerprint density at radius 2 is 0.454 bits per heavy atom. The van der Waals surface area contributed by atoms with Crippen LogP contribution in [0.1, 0.15) is 0 Å². The highest BCUT2D eigenvalue weighted by atomic mass is 16.3. The summed E-state index contributed by atoms with van der Waals surface area (Å²) < 4.78 is 15.6. The molecule has 11 heteroatoms. The molecule has 0 radical (unpaired) electrons. The molecule has 0 saturated heterocycles. The maximum absolute atomic E-state index is 6.53. The highest BCUT2D eigenvalue weighted by Crippen LogP contribution is 2.44. The number of fused-ring (bicyclic) bond motifs is 15. The third-order valence-electron chi connectivity index (χ3n) is 23.1. The average Bonchev–Trinajstić information content (AvgIpc) is 1.59. The second-order valence-electron chi connectivity index (χ2n) is 30.1. The smallest absolute Gasteiger partial charge is 0.238 e. The number of aromatic nitrogens is 10. The fourth-order valence-electron chi connectivity index (χ4n) is 17.6. The molecule has 7 aromatic heterocycles. The van der Waals surface area contributed by atoms with Gasteiger partial charge in [-0.15, -0.1) is 0 Å². The summed E-state index contributed by atoms with van der Waals surface area (Å²) in [4.78, 5) is 30.4. The lowest BCUT2D eigenvalue weighted by atomic mass is 9.98. The highest BCUT2D eigenvalue weighted by Gasteiger charge is 2.25. The first-order chi connectivity index (χ1) is 59.0. The molecule has 0 amide bonds. The zero-order valence-corrected chi connectivity index (χ0v) is 64.1. The van der Waals surface area contributed by atoms with Crippen LogP contribution in [0.15, 0.2) is 417 Å². The van der Waals surface area contributed by atoms with E-state index in [1.54, 1.807) is 0 Å². The predicted molar refractivity (Wildman–Crippen MR) is 488 cm³/mol. The van der Waals surface area contributed by atoms with Gasteiger partial charge < -0.3 is 13.6 Å². The maximum atomic E-state index is 6.53. The van der Waals surface area contributed by atoms with Crippen molar-refractivity contribution in [3.05, 3.63) is 413 Å². The van der Waals surface area contributed by atoms with Gasteiger partial charge in [0.25, 0.3) is 0 Å². The molecule has 0 aliphatic carbocycles. The Bertz CT molecular complexity index is 7680. The van der Waals surface area contributed by atoms with Gasteiger partial charge in [0.05, 0.1) is 49.8 Å². The molecule has 0 saturated carbocycles. The molecular weight excluding hydrogens is 1450 g/mol. The van der Waals surface area contributed by atoms with Gasteiger partial charge in [0, 0.05) is 81.8 Å². The van der Waals surface area contributed by atoms with Gasteiger partial charge in [-0.1, -0.05) is 309 Å². The van der Waals surface area contributed by atoms with E-state index < -0.39 is 0 Å². The Labute approximate surface area is 683 Å². The van der Waals surface area contributed by atoms with E-state index in [9.17, 15) is 0 Å². The van der Waals surface area contributed by atoms with Gasteiger partial charge in [-0.2, -0.15) is 19.9 Å². The van der Waals surface area contributed by atoms with Gasteiger partial charge in [-0.3, -0.25) is 9.13 Å². The molecule has 0 spiro atoms. The van der Waals surface area contributed by atoms with Crippen molar-refractivity contribution in [2.24, 2.45) is 0 Å². The topological polar surface area (TPSA) is 110 Å². The first-order valence-corrected chi connectivity index (χ1v) is 40.1. The SMILES string of the molecule is c1ccc(-c2cc(-c3ccccc3)cc(-n3c4ccccc4c4cc(-c5ccc6c(c5)c5ccccc5n6-c5nc(-c6ccccc6)nc(-c6ccccc6)n5)ccc43)c2)cc1.c1ccc(-c2nc(-c3ccccc3)nc(-n3c4ccccc4c4cc(-c5ccc6c(c5)c5ccccc5n6-c5cccc6c5oc5ccccc56)ccc43)n2)cc1. The number of furan rings is 1. The fraction of sp³-hybridized carbons (Fsp3) is 0. The Kier molecular flexibility index (Phi) is 16.3. The van der Waals surface area contributed by atoms with Crippen LogP contribution in [0, 0.1) is 0 Å². The molecule has 11 nitrogen and oxygen atoms in total. The molecule has 0 bridgehead atoms. The van der Waals surface area contributed by atoms with Crippen molar-refractivity contribution in [1.82, 2.24) is 48.2 Å². The monoisotopic (exact) mass is 1520 g/mol. The standard InChI is InChI=1S/C57H37N5.C51H31N5O/c1-5-17-38(18-6-1)44-33-45(39-19-7-2-8-20-39)35-46(34-44)61-51-27-15-13-25-47(51)49-36-42(29-31-53(49)61)43-30-32-54-50(37-43)48-26-14-16-28-52(48)62(54)57-59-55(40-21-9-3-10-22-40)58-56(60-57)41-23-11-4-12-24-41;1-3-14-32(15-4-1)49-52-50(33-16-5-2-6-17-33)54-51(53-49)56-43-23-11-8-19-37(43)41-31-35(27-29-45(41)56)34-26-28-44-40(30-34)36-18-7-10-22-42(36)55(44)46-24-13-21-39-38-20-9-12-25-47(38)57-48(39)46/h1-37H;1-31H. The first-order valence-electron chi connectivity index (χ1n) is 40.1. The van der Waals surface area contributed by atoms with Crippen molar-refractivity contribution in [3.63, 3.8) is 0 Å². The van der Waals surface area contributed by atoms with Crippen LogP contribution in [0.2, 0.25) is 0 Å². The highest BCUT2D eigenvalue weighted by molar-refractivity contribution is 6.16. The Morgan fingerprint density at radius 1 is 0.168 bits per heavy atom. The predicted octanol–water partition coefficient (Wildman–Crippen LogP) is 27.4. The maximum Gasteiger partial charge on any atom is 0.238 e. The zero-order valence-electron chi connectivity index (χ0n) is 64.1. The minimum atomic E-state index is 0.579. The summed E-state index contributed by atoms with van der Waals surface area (Å²) in [6, 6.07) is 145. The van der Waals surface area contributed by atoms with Gasteiger partial charge in [-0.05, 0) is 148 Å². The third-order valence-corrected chi connectivity index (χ3v) is 23.1. The van der Waals surface area contributed by atoms with E-state index in [0.717, 1.165) is 138 Å². The van der Waals surface area contributed by atoms with E-state index in [1.165, 1.54) is 49.3 Å². The molecule has 556 valence electrons. The van der Waals surface area contributed by atoms with Crippen LogP contribution < -0.4 is 0 Å². The summed E-state index contributed by atoms with van der Waals surface area (Å²) >= 11 is 0. The number of benzene rings is 17. The van der Waals surface area contributed by atoms with Gasteiger partial charge in [0.1, 0.15) is 5.58 Å². The van der Waals surface area contributed by atoms with Gasteiger partial charge in [0.15, 0.2) is 28.9 Å². The minimum absolute atomic E-state index is 0.579. The van der Waals surface area contributed by atoms with E-state index in [-0.39, 0.29) is 0 Å². The van der Waals surface area contributed by atoms with E-state index in [4.69, 9.17) is 34.3 Å². The van der Waals surface area contributed by atoms with E-state index >= 15 is 0 Å². The largest absolute Gasteiger partial charge is 0.454 e. The Balaban J connectivity index is 0.000000140. The first kappa shape index (κ1) is 68.4. The molecule has 0 N–H and O–H groups in total. The summed E-state index contributed by atoms with van der Waals surface area (Å²) in [6.45, 7) is 0. The summed E-state index contributed by atoms with van der Waals surface area (Å²) in [6.07, 6.45) is 0. The minimum Gasteiger partial charge on any atom is -0.454 e. The molecule has 0 fully saturated rings. The lowest BCUT2D eigenvalue weighted by Gasteiger charge is -2.14. The lowest BCUT2D eigenvalue weighted by molar-refractivity contribution is 0.666. The molecule has 0 aliphatic rings. The molecule has 0 atom stereocenters. The number of rotatable bonds is 12. The van der Waals surface area contributed by atoms with Gasteiger partial charge >= 0.3 is 0 Å². The Hall–Kier alpha value is -16.2. The van der Waals surface area contributed by atoms with Crippen molar-refractivity contribution in [3.8, 4) is 113 Å². The molecular formula is C108H68N10O. The van der Waals surface area contributed by atoms with Crippen molar-refractivity contribution < 1.29 is 4.42 Å². The van der Waals surface area contributed by atoms with Crippen LogP contribution in [-0.2, 0) is 0 Å². The fourth-order valence-corrected chi connectivity index (χ4v) is 17.6. The number of nitrogens with zero attached hydrogens (tertiary/aromatic N) is 10. The van der Waals surface area contributed by atoms with Gasteiger partial charge in [0.2, 0.25) is 11.9 Å². The summed E-state index contributed by atoms with van der Waals surface area (Å²) in [5, 5.41) is 11.6. The third kappa shape index (κ3) is 11.8. The van der Waals surface area contributed by atoms with Crippen LogP contribution in [-0.4, -0.2) is 48.2 Å². The van der Waals surface area contributed by atoms with Crippen LogP contribution in [0.3, 0.4) is 0 Å². The van der Waals surface area contributed by atoms with Crippen molar-refractivity contribution >= 4 is 109 Å². The van der Waals surface area contributed by atoms with Crippen LogP contribution >= 0.6 is 0 Å². The summed E-state index contributed by atoms with van der Waals surface area (Å²) in [5.41, 5.74) is 25.7. The normalized spacial score (nSPS) is 11.7. The zero-order chi connectivity index (χ0) is 78.4. The molecule has 24 aromatic rings. The average molecular weight is 1520 g/mol. The second-order valence-corrected chi connectivity index (χ2v) is 30.1. The lowest BCUT2D eigenvalue weighted by Crippen LogP contribution is -2.06. The molecule has 24 rings (SSSR count). The van der Waals surface area contributed by atoms with Crippen molar-refractivity contribution in [2.45, 2.75) is 0 Å². The second kappa shape index (κ2) is 28.4. The van der Waals surface area contributed by atoms with Crippen molar-refractivity contribution in [1.29, 1.82) is 0 Å². The van der Waals surface area contributed by atoms with E-state index in [1.807, 2.05) is 133 Å². The Morgan fingerprint density at radius 3 is 0.832 bits per heavy atom. The number of para-hydroxylation sites is 6. The quantitative estimate of drug-likeness (QED) is 0.120. The molecule has 119 heavy (non-hydrogen) atoms. The molecule has 7 heterocycles. The van der Waals surface area contributed by atoms with E-state index in [2.05, 4.69) is 297 Å². The summed E-state index contributed by atoms with van der Waals surface area (Å²) in [5.74, 6) is 3.69. The molecule has 0 aliphatic heterocycles. The molecule has 17 aromatic carbocycles. The van der Waals surface area contributed by atoms with Crippen LogP contribution in [0.4, 0.5) is 0 Å². The van der Waals surface area contributed by atoms with Crippen molar-refractivity contribution in [2.75, 3.05) is 0 Å². The van der Waals surface area contributed by atoms with Crippen LogP contribution in [0.5, 0.6) is 0 Å². The number of hydrogen-bond donors (Lipinski definition) is 0. The summed E-state index contributed by atoms with van der Waals surface area (Å²) in [7, 11) is 0. The van der Waals surface area contributed by atoms with Crippen LogP contribution in [0.25, 0.3) is 222 Å². The molecule has 0 unspecified atom stereocenters.